The summed E-state index contributed by atoms with van der Waals surface area (Å²) in [5, 5.41) is 17.2. The van der Waals surface area contributed by atoms with E-state index in [2.05, 4.69) is 10.6 Å². The van der Waals surface area contributed by atoms with E-state index >= 15 is 0 Å². The smallest absolute Gasteiger partial charge is 0.283 e. The number of nitrogens with one attached hydrogen (secondary N) is 2. The van der Waals surface area contributed by atoms with Gasteiger partial charge in [0.05, 0.1) is 22.1 Å². The van der Waals surface area contributed by atoms with Crippen LogP contribution in [0.3, 0.4) is 0 Å². The fraction of sp³-hybridized carbons (Fsp3) is 0.500. The lowest BCUT2D eigenvalue weighted by Crippen LogP contribution is -2.53. The van der Waals surface area contributed by atoms with Crippen LogP contribution >= 0.6 is 11.6 Å². The molecule has 0 aliphatic carbocycles. The molecule has 1 aliphatic heterocycles. The summed E-state index contributed by atoms with van der Waals surface area (Å²) in [5.74, 6) is -0.554. The Morgan fingerprint density at radius 2 is 2.36 bits per heavy atom. The van der Waals surface area contributed by atoms with Crippen molar-refractivity contribution in [1.82, 2.24) is 10.6 Å². The summed E-state index contributed by atoms with van der Waals surface area (Å²) in [6.45, 7) is 1.63. The van der Waals surface area contributed by atoms with Gasteiger partial charge in [0, 0.05) is 19.7 Å². The van der Waals surface area contributed by atoms with E-state index < -0.39 is 10.8 Å². The van der Waals surface area contributed by atoms with Crippen LogP contribution in [0.15, 0.2) is 18.2 Å². The summed E-state index contributed by atoms with van der Waals surface area (Å²) in [6.07, 6.45) is 1.86. The minimum Gasteiger partial charge on any atom is -0.383 e. The van der Waals surface area contributed by atoms with Gasteiger partial charge >= 0.3 is 0 Å². The molecule has 0 saturated carbocycles. The molecule has 1 heterocycles. The van der Waals surface area contributed by atoms with Gasteiger partial charge in [-0.2, -0.15) is 0 Å². The van der Waals surface area contributed by atoms with E-state index in [9.17, 15) is 14.9 Å². The highest BCUT2D eigenvalue weighted by Gasteiger charge is 2.34. The van der Waals surface area contributed by atoms with Gasteiger partial charge in [0.25, 0.3) is 11.6 Å². The largest absolute Gasteiger partial charge is 0.383 e. The molecule has 1 atom stereocenters. The minimum absolute atomic E-state index is 0.0619. The number of nitro groups is 1. The molecular formula is C14H18ClN3O4. The molecule has 2 N–H and O–H groups in total. The molecule has 0 aromatic heterocycles. The fourth-order valence-corrected chi connectivity index (χ4v) is 2.95. The average molecular weight is 328 g/mol. The van der Waals surface area contributed by atoms with Crippen molar-refractivity contribution < 1.29 is 14.5 Å². The summed E-state index contributed by atoms with van der Waals surface area (Å²) >= 11 is 5.95. The second-order valence-electron chi connectivity index (χ2n) is 5.32. The van der Waals surface area contributed by atoms with Crippen LogP contribution in [0.5, 0.6) is 0 Å². The van der Waals surface area contributed by atoms with Crippen LogP contribution < -0.4 is 10.6 Å². The van der Waals surface area contributed by atoms with E-state index in [-0.39, 0.29) is 21.8 Å². The topological polar surface area (TPSA) is 93.5 Å². The van der Waals surface area contributed by atoms with Crippen LogP contribution in [-0.4, -0.2) is 43.2 Å². The van der Waals surface area contributed by atoms with Crippen molar-refractivity contribution in [2.24, 2.45) is 0 Å². The number of methoxy groups -OCH3 is 1. The van der Waals surface area contributed by atoms with Crippen LogP contribution in [-0.2, 0) is 4.74 Å². The Bertz CT molecular complexity index is 573. The first-order chi connectivity index (χ1) is 10.5. The number of hydrogen-bond donors (Lipinski definition) is 2. The molecule has 1 amide bonds. The molecule has 8 heteroatoms. The molecule has 120 valence electrons. The molecule has 2 rings (SSSR count). The van der Waals surface area contributed by atoms with Crippen molar-refractivity contribution in [1.29, 1.82) is 0 Å². The van der Waals surface area contributed by atoms with Gasteiger partial charge < -0.3 is 15.4 Å². The number of carbonyl (C=O) groups excluding carboxylic acids is 1. The van der Waals surface area contributed by atoms with Crippen LogP contribution in [0.4, 0.5) is 5.69 Å². The first-order valence-corrected chi connectivity index (χ1v) is 7.32. The van der Waals surface area contributed by atoms with E-state index in [1.807, 2.05) is 0 Å². The Hall–Kier alpha value is -1.70. The number of nitrogens with zero attached hydrogens (tertiary/aromatic N) is 1. The van der Waals surface area contributed by atoms with Gasteiger partial charge in [-0.3, -0.25) is 14.9 Å². The number of benzene rings is 1. The van der Waals surface area contributed by atoms with E-state index in [0.29, 0.717) is 13.2 Å². The monoisotopic (exact) mass is 327 g/mol. The molecule has 1 fully saturated rings. The third-order valence-electron chi connectivity index (χ3n) is 3.76. The van der Waals surface area contributed by atoms with Crippen LogP contribution in [0.1, 0.15) is 23.2 Å². The van der Waals surface area contributed by atoms with E-state index in [4.69, 9.17) is 16.3 Å². The van der Waals surface area contributed by atoms with E-state index in [1.54, 1.807) is 7.11 Å². The minimum atomic E-state index is -0.612. The van der Waals surface area contributed by atoms with Gasteiger partial charge in [0.2, 0.25) is 0 Å². The zero-order valence-corrected chi connectivity index (χ0v) is 13.0. The van der Waals surface area contributed by atoms with Gasteiger partial charge in [0.1, 0.15) is 5.56 Å². The van der Waals surface area contributed by atoms with Crippen molar-refractivity contribution >= 4 is 23.2 Å². The summed E-state index contributed by atoms with van der Waals surface area (Å²) in [4.78, 5) is 22.8. The van der Waals surface area contributed by atoms with Gasteiger partial charge in [-0.05, 0) is 25.5 Å². The van der Waals surface area contributed by atoms with Crippen molar-refractivity contribution in [3.63, 3.8) is 0 Å². The molecule has 0 spiro atoms. The Balaban J connectivity index is 2.14. The Morgan fingerprint density at radius 3 is 2.95 bits per heavy atom. The molecule has 7 nitrogen and oxygen atoms in total. The number of ether oxygens (including phenoxy) is 1. The quantitative estimate of drug-likeness (QED) is 0.613. The van der Waals surface area contributed by atoms with Gasteiger partial charge in [-0.25, -0.2) is 0 Å². The number of halogens is 1. The van der Waals surface area contributed by atoms with Crippen LogP contribution in [0.2, 0.25) is 5.02 Å². The molecule has 22 heavy (non-hydrogen) atoms. The maximum atomic E-state index is 12.3. The average Bonchev–Trinajstić information content (AvgIpc) is 2.94. The molecule has 0 bridgehead atoms. The fourth-order valence-electron chi connectivity index (χ4n) is 2.70. The third kappa shape index (κ3) is 3.55. The van der Waals surface area contributed by atoms with Gasteiger partial charge in [-0.1, -0.05) is 17.7 Å². The lowest BCUT2D eigenvalue weighted by Gasteiger charge is -2.29. The highest BCUT2D eigenvalue weighted by Crippen LogP contribution is 2.26. The SMILES string of the molecule is COCC1(CNC(=O)c2c(Cl)cccc2[N+](=O)[O-])CCCN1. The van der Waals surface area contributed by atoms with Crippen molar-refractivity contribution in [2.45, 2.75) is 18.4 Å². The van der Waals surface area contributed by atoms with Crippen LogP contribution in [0.25, 0.3) is 0 Å². The van der Waals surface area contributed by atoms with Crippen molar-refractivity contribution in [3.05, 3.63) is 38.9 Å². The first-order valence-electron chi connectivity index (χ1n) is 6.94. The second-order valence-corrected chi connectivity index (χ2v) is 5.72. The zero-order chi connectivity index (χ0) is 16.2. The lowest BCUT2D eigenvalue weighted by molar-refractivity contribution is -0.385. The molecular weight excluding hydrogens is 310 g/mol. The Labute approximate surface area is 133 Å². The summed E-state index contributed by atoms with van der Waals surface area (Å²) in [7, 11) is 1.60. The number of nitro benzene ring substituents is 1. The predicted octanol–water partition coefficient (Wildman–Crippen LogP) is 1.75. The third-order valence-corrected chi connectivity index (χ3v) is 4.07. The molecule has 1 aromatic rings. The summed E-state index contributed by atoms with van der Waals surface area (Å²) < 4.78 is 5.20. The highest BCUT2D eigenvalue weighted by molar-refractivity contribution is 6.34. The molecule has 1 saturated heterocycles. The van der Waals surface area contributed by atoms with Crippen molar-refractivity contribution in [2.75, 3.05) is 26.8 Å². The van der Waals surface area contributed by atoms with E-state index in [1.165, 1.54) is 18.2 Å². The van der Waals surface area contributed by atoms with Crippen molar-refractivity contribution in [3.8, 4) is 0 Å². The maximum absolute atomic E-state index is 12.3. The lowest BCUT2D eigenvalue weighted by atomic mass is 9.98. The molecule has 1 aromatic carbocycles. The summed E-state index contributed by atoms with van der Waals surface area (Å²) in [6, 6.07) is 4.17. The standard InChI is InChI=1S/C14H18ClN3O4/c1-22-9-14(6-3-7-17-14)8-16-13(19)12-10(15)4-2-5-11(12)18(20)21/h2,4-5,17H,3,6-9H2,1H3,(H,16,19). The Kier molecular flexibility index (Phi) is 5.33. The zero-order valence-electron chi connectivity index (χ0n) is 12.2. The van der Waals surface area contributed by atoms with Gasteiger partial charge in [0.15, 0.2) is 0 Å². The molecule has 1 aliphatic rings. The molecule has 1 unspecified atom stereocenters. The number of amides is 1. The number of carbonyl (C=O) groups is 1. The normalized spacial score (nSPS) is 20.8. The van der Waals surface area contributed by atoms with Crippen LogP contribution in [0, 0.1) is 10.1 Å². The summed E-state index contributed by atoms with van der Waals surface area (Å²) in [5.41, 5.74) is -0.745. The number of rotatable bonds is 6. The van der Waals surface area contributed by atoms with E-state index in [0.717, 1.165) is 19.4 Å². The van der Waals surface area contributed by atoms with Gasteiger partial charge in [-0.15, -0.1) is 0 Å². The second kappa shape index (κ2) is 7.04. The predicted molar refractivity (Wildman–Crippen MR) is 82.3 cm³/mol. The molecule has 0 radical (unpaired) electrons. The Morgan fingerprint density at radius 1 is 1.59 bits per heavy atom. The first kappa shape index (κ1) is 16.7. The number of hydrogen-bond acceptors (Lipinski definition) is 5. The highest BCUT2D eigenvalue weighted by atomic mass is 35.5. The maximum Gasteiger partial charge on any atom is 0.283 e.